The molecule has 0 fully saturated rings. The smallest absolute Gasteiger partial charge is 0.180 e. The number of ether oxygens (including phenoxy) is 1. The topological polar surface area (TPSA) is 52.1 Å². The number of nitrogens with zero attached hydrogens (tertiary/aromatic N) is 2. The zero-order valence-corrected chi connectivity index (χ0v) is 9.53. The maximum Gasteiger partial charge on any atom is 0.180 e. The molecule has 0 aliphatic rings. The van der Waals surface area contributed by atoms with Crippen LogP contribution in [0.2, 0.25) is 0 Å². The number of hydrogen-bond acceptors (Lipinski definition) is 5. The minimum atomic E-state index is 0.0308. The monoisotopic (exact) mass is 234 g/mol. The van der Waals surface area contributed by atoms with Crippen molar-refractivity contribution < 1.29 is 9.53 Å². The molecule has 0 radical (unpaired) electrons. The number of benzene rings is 1. The fourth-order valence-corrected chi connectivity index (χ4v) is 1.80. The van der Waals surface area contributed by atoms with E-state index in [1.807, 2.05) is 24.3 Å². The lowest BCUT2D eigenvalue weighted by atomic mass is 10.1. The number of aromatic nitrogens is 2. The van der Waals surface area contributed by atoms with Crippen LogP contribution in [0.5, 0.6) is 5.75 Å². The molecule has 0 bridgehead atoms. The molecular weight excluding hydrogens is 224 g/mol. The van der Waals surface area contributed by atoms with Crippen LogP contribution in [0.15, 0.2) is 30.5 Å². The molecule has 16 heavy (non-hydrogen) atoms. The average molecular weight is 234 g/mol. The molecule has 0 amide bonds. The van der Waals surface area contributed by atoms with E-state index in [1.54, 1.807) is 7.11 Å². The Kier molecular flexibility index (Phi) is 3.26. The molecule has 0 aliphatic carbocycles. The van der Waals surface area contributed by atoms with Gasteiger partial charge in [-0.15, -0.1) is 5.10 Å². The van der Waals surface area contributed by atoms with Crippen molar-refractivity contribution in [3.63, 3.8) is 0 Å². The lowest BCUT2D eigenvalue weighted by Crippen LogP contribution is -2.01. The van der Waals surface area contributed by atoms with Crippen LogP contribution in [0.25, 0.3) is 0 Å². The molecule has 2 aromatic rings. The van der Waals surface area contributed by atoms with Crippen LogP contribution in [-0.2, 0) is 6.42 Å². The van der Waals surface area contributed by atoms with E-state index in [-0.39, 0.29) is 5.78 Å². The number of hydrogen-bond donors (Lipinski definition) is 0. The Balaban J connectivity index is 2.12. The Morgan fingerprint density at radius 2 is 2.38 bits per heavy atom. The first-order chi connectivity index (χ1) is 7.79. The normalized spacial score (nSPS) is 10.1. The van der Waals surface area contributed by atoms with Gasteiger partial charge in [0.15, 0.2) is 5.78 Å². The summed E-state index contributed by atoms with van der Waals surface area (Å²) >= 11 is 1.12. The molecule has 0 spiro atoms. The SMILES string of the molecule is COc1cccc(CC(=O)c2cnns2)c1. The second-order valence-electron chi connectivity index (χ2n) is 3.23. The summed E-state index contributed by atoms with van der Waals surface area (Å²) in [5, 5.41) is 3.64. The van der Waals surface area contributed by atoms with Crippen molar-refractivity contribution in [3.8, 4) is 5.75 Å². The lowest BCUT2D eigenvalue weighted by molar-refractivity contribution is 0.0996. The molecule has 1 aromatic heterocycles. The molecular formula is C11H10N2O2S. The largest absolute Gasteiger partial charge is 0.497 e. The summed E-state index contributed by atoms with van der Waals surface area (Å²) < 4.78 is 8.76. The van der Waals surface area contributed by atoms with Gasteiger partial charge in [0, 0.05) is 6.42 Å². The number of ketones is 1. The molecule has 0 atom stereocenters. The first-order valence-corrected chi connectivity index (χ1v) is 5.50. The maximum atomic E-state index is 11.8. The van der Waals surface area contributed by atoms with E-state index in [4.69, 9.17) is 4.74 Å². The van der Waals surface area contributed by atoms with Gasteiger partial charge in [0.05, 0.1) is 13.3 Å². The number of methoxy groups -OCH3 is 1. The standard InChI is InChI=1S/C11H10N2O2S/c1-15-9-4-2-3-8(5-9)6-10(14)11-7-12-13-16-11/h2-5,7H,6H2,1H3. The van der Waals surface area contributed by atoms with Crippen LogP contribution in [-0.4, -0.2) is 22.5 Å². The van der Waals surface area contributed by atoms with Crippen LogP contribution in [0.1, 0.15) is 15.2 Å². The Morgan fingerprint density at radius 3 is 3.06 bits per heavy atom. The van der Waals surface area contributed by atoms with Gasteiger partial charge >= 0.3 is 0 Å². The van der Waals surface area contributed by atoms with E-state index < -0.39 is 0 Å². The van der Waals surface area contributed by atoms with Gasteiger partial charge in [-0.3, -0.25) is 4.79 Å². The average Bonchev–Trinajstić information content (AvgIpc) is 2.83. The second kappa shape index (κ2) is 4.85. The zero-order chi connectivity index (χ0) is 11.4. The Morgan fingerprint density at radius 1 is 1.50 bits per heavy atom. The molecule has 0 aliphatic heterocycles. The minimum absolute atomic E-state index is 0.0308. The summed E-state index contributed by atoms with van der Waals surface area (Å²) in [6.45, 7) is 0. The summed E-state index contributed by atoms with van der Waals surface area (Å²) in [7, 11) is 1.61. The summed E-state index contributed by atoms with van der Waals surface area (Å²) in [5.41, 5.74) is 0.928. The molecule has 0 saturated carbocycles. The van der Waals surface area contributed by atoms with E-state index >= 15 is 0 Å². The number of carbonyl (C=O) groups is 1. The van der Waals surface area contributed by atoms with Crippen molar-refractivity contribution >= 4 is 17.3 Å². The summed E-state index contributed by atoms with van der Waals surface area (Å²) in [6.07, 6.45) is 1.84. The van der Waals surface area contributed by atoms with Crippen molar-refractivity contribution in [2.75, 3.05) is 7.11 Å². The zero-order valence-electron chi connectivity index (χ0n) is 8.71. The van der Waals surface area contributed by atoms with E-state index in [1.165, 1.54) is 6.20 Å². The third-order valence-corrected chi connectivity index (χ3v) is 2.84. The van der Waals surface area contributed by atoms with Gasteiger partial charge < -0.3 is 4.74 Å². The second-order valence-corrected chi connectivity index (χ2v) is 4.02. The molecule has 4 nitrogen and oxygen atoms in total. The summed E-state index contributed by atoms with van der Waals surface area (Å²) in [6, 6.07) is 7.47. The van der Waals surface area contributed by atoms with Gasteiger partial charge in [0.2, 0.25) is 0 Å². The summed E-state index contributed by atoms with van der Waals surface area (Å²) in [5.74, 6) is 0.788. The van der Waals surface area contributed by atoms with Crippen molar-refractivity contribution in [2.45, 2.75) is 6.42 Å². The molecule has 1 heterocycles. The minimum Gasteiger partial charge on any atom is -0.497 e. The van der Waals surface area contributed by atoms with Crippen LogP contribution in [0.4, 0.5) is 0 Å². The van der Waals surface area contributed by atoms with Gasteiger partial charge in [0.1, 0.15) is 10.6 Å². The van der Waals surface area contributed by atoms with Gasteiger partial charge in [0.25, 0.3) is 0 Å². The Labute approximate surface area is 97.0 Å². The molecule has 2 rings (SSSR count). The highest BCUT2D eigenvalue weighted by Crippen LogP contribution is 2.15. The fraction of sp³-hybridized carbons (Fsp3) is 0.182. The first-order valence-electron chi connectivity index (χ1n) is 4.73. The first kappa shape index (κ1) is 10.8. The van der Waals surface area contributed by atoms with Gasteiger partial charge in [-0.25, -0.2) is 0 Å². The van der Waals surface area contributed by atoms with Crippen molar-refractivity contribution in [1.82, 2.24) is 9.59 Å². The number of carbonyl (C=O) groups excluding carboxylic acids is 1. The highest BCUT2D eigenvalue weighted by atomic mass is 32.1. The number of rotatable bonds is 4. The molecule has 5 heteroatoms. The Hall–Kier alpha value is -1.75. The summed E-state index contributed by atoms with van der Waals surface area (Å²) in [4.78, 5) is 12.4. The van der Waals surface area contributed by atoms with Gasteiger partial charge in [-0.05, 0) is 29.2 Å². The third-order valence-electron chi connectivity index (χ3n) is 2.13. The maximum absolute atomic E-state index is 11.8. The predicted molar refractivity (Wildman–Crippen MR) is 60.9 cm³/mol. The fourth-order valence-electron chi connectivity index (χ4n) is 1.34. The van der Waals surface area contributed by atoms with E-state index in [0.29, 0.717) is 11.3 Å². The van der Waals surface area contributed by atoms with Crippen LogP contribution < -0.4 is 4.74 Å². The highest BCUT2D eigenvalue weighted by molar-refractivity contribution is 7.07. The van der Waals surface area contributed by atoms with E-state index in [0.717, 1.165) is 22.8 Å². The Bertz CT molecular complexity index is 482. The van der Waals surface area contributed by atoms with Crippen LogP contribution in [0, 0.1) is 0 Å². The van der Waals surface area contributed by atoms with E-state index in [2.05, 4.69) is 9.59 Å². The van der Waals surface area contributed by atoms with Crippen molar-refractivity contribution in [3.05, 3.63) is 40.9 Å². The van der Waals surface area contributed by atoms with Gasteiger partial charge in [-0.2, -0.15) is 0 Å². The molecule has 0 saturated heterocycles. The van der Waals surface area contributed by atoms with Crippen molar-refractivity contribution in [1.29, 1.82) is 0 Å². The predicted octanol–water partition coefficient (Wildman–Crippen LogP) is 1.97. The molecule has 1 aromatic carbocycles. The van der Waals surface area contributed by atoms with Crippen molar-refractivity contribution in [2.24, 2.45) is 0 Å². The third kappa shape index (κ3) is 2.43. The molecule has 0 unspecified atom stereocenters. The van der Waals surface area contributed by atoms with E-state index in [9.17, 15) is 4.79 Å². The van der Waals surface area contributed by atoms with Crippen LogP contribution >= 0.6 is 11.5 Å². The van der Waals surface area contributed by atoms with Gasteiger partial charge in [-0.1, -0.05) is 16.6 Å². The van der Waals surface area contributed by atoms with Crippen LogP contribution in [0.3, 0.4) is 0 Å². The molecule has 0 N–H and O–H groups in total. The lowest BCUT2D eigenvalue weighted by Gasteiger charge is -2.02. The molecule has 82 valence electrons. The quantitative estimate of drug-likeness (QED) is 0.759. The highest BCUT2D eigenvalue weighted by Gasteiger charge is 2.09. The number of Topliss-reactive ketones (excluding diaryl/α,β-unsaturated/α-hetero) is 1.